The topological polar surface area (TPSA) is 40.6 Å². The maximum absolute atomic E-state index is 5.31. The molecule has 5 heteroatoms. The first-order chi connectivity index (χ1) is 32.2. The van der Waals surface area contributed by atoms with Gasteiger partial charge < -0.3 is 9.13 Å². The van der Waals surface area contributed by atoms with Crippen molar-refractivity contribution < 1.29 is 0 Å². The standard InChI is InChI=1S/C60H39N5/c1-3-15-38(16-4-1)59-48-22-7-11-23-51(48)61-60(62-59)65-54-26-14-10-21-47(54)49-36-39(27-32-55(49)65)40-28-33-56-50(37-40)58-44-31-30-43(35-41(44)29-34-57(58)63(56)42-17-5-2-6-18-42)64-52-24-12-8-19-45(52)46-20-9-13-25-53(46)64/h1-29,32-37H,30-31H2. The molecule has 65 heavy (non-hydrogen) atoms. The molecular weight excluding hydrogens is 791 g/mol. The van der Waals surface area contributed by atoms with Crippen molar-refractivity contribution in [3.63, 3.8) is 0 Å². The SMILES string of the molecule is C1=C(n2c3ccccc3c3ccccc32)CCc2c1ccc1c2c2cc(-c3ccc4c(c3)c3ccccc3n4-c3nc(-c4ccccc4)c4ccccc4n3)ccc2n1-c1ccccc1. The fourth-order valence-corrected chi connectivity index (χ4v) is 10.9. The summed E-state index contributed by atoms with van der Waals surface area (Å²) in [4.78, 5) is 10.5. The average molecular weight is 830 g/mol. The van der Waals surface area contributed by atoms with Crippen molar-refractivity contribution in [1.29, 1.82) is 0 Å². The lowest BCUT2D eigenvalue weighted by Gasteiger charge is -2.20. The van der Waals surface area contributed by atoms with E-state index in [4.69, 9.17) is 9.97 Å². The maximum Gasteiger partial charge on any atom is 0.235 e. The Kier molecular flexibility index (Phi) is 7.74. The second-order valence-corrected chi connectivity index (χ2v) is 17.3. The van der Waals surface area contributed by atoms with Crippen LogP contribution in [0.15, 0.2) is 206 Å². The van der Waals surface area contributed by atoms with Crippen LogP contribution in [0, 0.1) is 0 Å². The van der Waals surface area contributed by atoms with Crippen LogP contribution in [0.25, 0.3) is 122 Å². The van der Waals surface area contributed by atoms with E-state index in [1.807, 2.05) is 6.07 Å². The van der Waals surface area contributed by atoms with Gasteiger partial charge in [0.15, 0.2) is 0 Å². The van der Waals surface area contributed by atoms with Crippen molar-refractivity contribution in [1.82, 2.24) is 23.7 Å². The molecule has 0 saturated heterocycles. The molecule has 0 radical (unpaired) electrons. The van der Waals surface area contributed by atoms with Crippen LogP contribution in [0.2, 0.25) is 0 Å². The average Bonchev–Trinajstić information content (AvgIpc) is 4.02. The van der Waals surface area contributed by atoms with E-state index >= 15 is 0 Å². The number of hydrogen-bond acceptors (Lipinski definition) is 2. The predicted octanol–water partition coefficient (Wildman–Crippen LogP) is 15.2. The van der Waals surface area contributed by atoms with Gasteiger partial charge in [-0.1, -0.05) is 140 Å². The molecule has 0 saturated carbocycles. The van der Waals surface area contributed by atoms with Crippen molar-refractivity contribution in [2.75, 3.05) is 0 Å². The van der Waals surface area contributed by atoms with E-state index in [1.165, 1.54) is 82.3 Å². The Hall–Kier alpha value is -8.54. The van der Waals surface area contributed by atoms with Gasteiger partial charge in [-0.25, -0.2) is 9.97 Å². The molecule has 14 rings (SSSR count). The van der Waals surface area contributed by atoms with Crippen molar-refractivity contribution in [3.05, 3.63) is 217 Å². The minimum atomic E-state index is 0.664. The van der Waals surface area contributed by atoms with Gasteiger partial charge in [0.25, 0.3) is 0 Å². The molecule has 1 aliphatic rings. The summed E-state index contributed by atoms with van der Waals surface area (Å²) >= 11 is 0. The van der Waals surface area contributed by atoms with Gasteiger partial charge in [0, 0.05) is 54.7 Å². The fourth-order valence-electron chi connectivity index (χ4n) is 10.9. The zero-order valence-electron chi connectivity index (χ0n) is 35.4. The van der Waals surface area contributed by atoms with Crippen LogP contribution < -0.4 is 0 Å². The van der Waals surface area contributed by atoms with Crippen LogP contribution in [0.4, 0.5) is 0 Å². The van der Waals surface area contributed by atoms with Crippen LogP contribution in [0.3, 0.4) is 0 Å². The first kappa shape index (κ1) is 36.0. The number of rotatable bonds is 5. The number of aryl methyl sites for hydroxylation is 1. The Morgan fingerprint density at radius 2 is 0.892 bits per heavy atom. The van der Waals surface area contributed by atoms with E-state index in [0.717, 1.165) is 51.7 Å². The highest BCUT2D eigenvalue weighted by atomic mass is 15.2. The lowest BCUT2D eigenvalue weighted by atomic mass is 9.90. The molecule has 304 valence electrons. The van der Waals surface area contributed by atoms with Gasteiger partial charge in [-0.05, 0) is 108 Å². The molecule has 0 amide bonds. The first-order valence-corrected chi connectivity index (χ1v) is 22.5. The van der Waals surface area contributed by atoms with E-state index in [2.05, 4.69) is 220 Å². The molecule has 0 atom stereocenters. The Balaban J connectivity index is 0.957. The van der Waals surface area contributed by atoms with Crippen LogP contribution in [-0.4, -0.2) is 23.7 Å². The number of benzene rings is 9. The third-order valence-corrected chi connectivity index (χ3v) is 13.8. The van der Waals surface area contributed by atoms with Gasteiger partial charge in [-0.3, -0.25) is 4.57 Å². The monoisotopic (exact) mass is 829 g/mol. The molecule has 0 aliphatic heterocycles. The molecule has 0 spiro atoms. The van der Waals surface area contributed by atoms with E-state index in [1.54, 1.807) is 0 Å². The Bertz CT molecular complexity index is 4060. The van der Waals surface area contributed by atoms with E-state index in [9.17, 15) is 0 Å². The maximum atomic E-state index is 5.31. The number of fused-ring (bicyclic) bond motifs is 12. The third-order valence-electron chi connectivity index (χ3n) is 13.8. The minimum Gasteiger partial charge on any atom is -0.313 e. The number of para-hydroxylation sites is 5. The molecule has 9 aromatic carbocycles. The number of allylic oxidation sites excluding steroid dienone is 1. The predicted molar refractivity (Wildman–Crippen MR) is 271 cm³/mol. The summed E-state index contributed by atoms with van der Waals surface area (Å²) in [5.41, 5.74) is 17.6. The smallest absolute Gasteiger partial charge is 0.235 e. The van der Waals surface area contributed by atoms with Crippen molar-refractivity contribution in [3.8, 4) is 34.0 Å². The van der Waals surface area contributed by atoms with Gasteiger partial charge in [0.1, 0.15) is 0 Å². The van der Waals surface area contributed by atoms with Gasteiger partial charge in [-0.2, -0.15) is 0 Å². The van der Waals surface area contributed by atoms with Gasteiger partial charge in [-0.15, -0.1) is 0 Å². The second-order valence-electron chi connectivity index (χ2n) is 17.3. The molecule has 4 aromatic heterocycles. The first-order valence-electron chi connectivity index (χ1n) is 22.5. The quantitative estimate of drug-likeness (QED) is 0.173. The molecule has 0 N–H and O–H groups in total. The number of hydrogen-bond donors (Lipinski definition) is 0. The van der Waals surface area contributed by atoms with Gasteiger partial charge in [0.05, 0.1) is 44.3 Å². The molecule has 4 heterocycles. The fraction of sp³-hybridized carbons (Fsp3) is 0.0333. The molecule has 13 aromatic rings. The Morgan fingerprint density at radius 3 is 1.60 bits per heavy atom. The summed E-state index contributed by atoms with van der Waals surface area (Å²) in [5.74, 6) is 0.664. The summed E-state index contributed by atoms with van der Waals surface area (Å²) in [6.07, 6.45) is 4.34. The minimum absolute atomic E-state index is 0.664. The van der Waals surface area contributed by atoms with E-state index < -0.39 is 0 Å². The number of aromatic nitrogens is 5. The highest BCUT2D eigenvalue weighted by Gasteiger charge is 2.24. The molecule has 0 unspecified atom stereocenters. The van der Waals surface area contributed by atoms with E-state index in [0.29, 0.717) is 5.95 Å². The summed E-state index contributed by atoms with van der Waals surface area (Å²) in [5, 5.41) is 8.58. The van der Waals surface area contributed by atoms with Crippen LogP contribution in [-0.2, 0) is 6.42 Å². The lowest BCUT2D eigenvalue weighted by molar-refractivity contribution is 0.955. The van der Waals surface area contributed by atoms with Gasteiger partial charge in [0.2, 0.25) is 5.95 Å². The van der Waals surface area contributed by atoms with Crippen molar-refractivity contribution in [2.45, 2.75) is 12.8 Å². The van der Waals surface area contributed by atoms with Crippen molar-refractivity contribution in [2.24, 2.45) is 0 Å². The van der Waals surface area contributed by atoms with Crippen LogP contribution in [0.1, 0.15) is 17.5 Å². The highest BCUT2D eigenvalue weighted by Crippen LogP contribution is 2.43. The van der Waals surface area contributed by atoms with Crippen molar-refractivity contribution >= 4 is 88.1 Å². The Morgan fingerprint density at radius 1 is 0.354 bits per heavy atom. The third kappa shape index (κ3) is 5.39. The highest BCUT2D eigenvalue weighted by molar-refractivity contribution is 6.15. The van der Waals surface area contributed by atoms with Crippen LogP contribution >= 0.6 is 0 Å². The zero-order valence-corrected chi connectivity index (χ0v) is 35.4. The van der Waals surface area contributed by atoms with Crippen LogP contribution in [0.5, 0.6) is 0 Å². The zero-order chi connectivity index (χ0) is 42.6. The largest absolute Gasteiger partial charge is 0.313 e. The molecular formula is C60H39N5. The molecule has 0 fully saturated rings. The summed E-state index contributed by atoms with van der Waals surface area (Å²) in [6, 6.07) is 74.5. The normalized spacial score (nSPS) is 12.9. The number of nitrogens with zero attached hydrogens (tertiary/aromatic N) is 5. The summed E-state index contributed by atoms with van der Waals surface area (Å²) in [7, 11) is 0. The molecule has 0 bridgehead atoms. The lowest BCUT2D eigenvalue weighted by Crippen LogP contribution is -2.05. The molecule has 1 aliphatic carbocycles. The Labute approximate surface area is 374 Å². The van der Waals surface area contributed by atoms with E-state index in [-0.39, 0.29) is 0 Å². The van der Waals surface area contributed by atoms with Gasteiger partial charge >= 0.3 is 0 Å². The summed E-state index contributed by atoms with van der Waals surface area (Å²) in [6.45, 7) is 0. The molecule has 5 nitrogen and oxygen atoms in total. The second kappa shape index (κ2) is 14.0. The summed E-state index contributed by atoms with van der Waals surface area (Å²) < 4.78 is 7.17.